The molecule has 0 rings (SSSR count). The summed E-state index contributed by atoms with van der Waals surface area (Å²) in [5, 5.41) is 11.6. The van der Waals surface area contributed by atoms with Gasteiger partial charge in [-0.2, -0.15) is 0 Å². The van der Waals surface area contributed by atoms with E-state index in [-0.39, 0.29) is 12.5 Å². The van der Waals surface area contributed by atoms with Crippen molar-refractivity contribution in [3.63, 3.8) is 0 Å². The van der Waals surface area contributed by atoms with Gasteiger partial charge in [0.15, 0.2) is 0 Å². The van der Waals surface area contributed by atoms with E-state index in [4.69, 9.17) is 11.5 Å². The topological polar surface area (TPSA) is 49.3 Å². The largest absolute Gasteiger partial charge is 0.480 e. The first-order valence-corrected chi connectivity index (χ1v) is 4.04. The molecule has 3 nitrogen and oxygen atoms in total. The summed E-state index contributed by atoms with van der Waals surface area (Å²) >= 11 is 0. The van der Waals surface area contributed by atoms with Crippen molar-refractivity contribution in [2.75, 3.05) is 0 Å². The maximum atomic E-state index is 10.6. The van der Waals surface area contributed by atoms with Gasteiger partial charge in [0, 0.05) is 12.5 Å². The maximum absolute atomic E-state index is 10.6. The van der Waals surface area contributed by atoms with Crippen molar-refractivity contribution < 1.29 is 9.90 Å². The highest BCUT2D eigenvalue weighted by atomic mass is 16.4. The third kappa shape index (κ3) is 3.99. The summed E-state index contributed by atoms with van der Waals surface area (Å²) in [5.41, 5.74) is 0. The summed E-state index contributed by atoms with van der Waals surface area (Å²) in [6, 6.07) is -0.413. The van der Waals surface area contributed by atoms with Crippen LogP contribution in [0.5, 0.6) is 0 Å². The zero-order valence-electron chi connectivity index (χ0n) is 7.50. The highest BCUT2D eigenvalue weighted by Gasteiger charge is 2.16. The number of carboxylic acids is 1. The predicted octanol–water partition coefficient (Wildman–Crippen LogP) is 0.851. The van der Waals surface area contributed by atoms with E-state index >= 15 is 0 Å². The quantitative estimate of drug-likeness (QED) is 0.600. The van der Waals surface area contributed by atoms with E-state index in [1.807, 2.05) is 13.8 Å². The highest BCUT2D eigenvalue weighted by molar-refractivity contribution is 5.73. The van der Waals surface area contributed by atoms with Crippen LogP contribution in [0.3, 0.4) is 0 Å². The summed E-state index contributed by atoms with van der Waals surface area (Å²) in [6.07, 6.45) is 6.16. The molecule has 0 aromatic rings. The van der Waals surface area contributed by atoms with Gasteiger partial charge >= 0.3 is 5.97 Å². The number of carbonyl (C=O) groups is 1. The molecule has 0 aliphatic heterocycles. The molecule has 0 aliphatic carbocycles. The van der Waals surface area contributed by atoms with Crippen molar-refractivity contribution in [1.29, 1.82) is 0 Å². The number of nitrogens with one attached hydrogen (secondary N) is 1. The van der Waals surface area contributed by atoms with Crippen LogP contribution in [-0.4, -0.2) is 23.2 Å². The number of hydrogen-bond donors (Lipinski definition) is 2. The third-order valence-corrected chi connectivity index (χ3v) is 1.72. The molecular formula is C9H15NO2. The normalized spacial score (nSPS) is 14.8. The smallest absolute Gasteiger partial charge is 0.321 e. The van der Waals surface area contributed by atoms with Gasteiger partial charge in [-0.15, -0.1) is 12.3 Å². The Hall–Kier alpha value is -1.01. The molecule has 0 bridgehead atoms. The summed E-state index contributed by atoms with van der Waals surface area (Å²) in [5.74, 6) is 1.45. The Bertz CT molecular complexity index is 183. The van der Waals surface area contributed by atoms with E-state index in [1.165, 1.54) is 0 Å². The molecule has 12 heavy (non-hydrogen) atoms. The van der Waals surface area contributed by atoms with Gasteiger partial charge in [0.2, 0.25) is 0 Å². The highest BCUT2D eigenvalue weighted by Crippen LogP contribution is 1.96. The minimum Gasteiger partial charge on any atom is -0.480 e. The SMILES string of the molecule is C#CCC(NC(C)CC)C(=O)O. The molecule has 0 saturated carbocycles. The Morgan fingerprint density at radius 1 is 1.75 bits per heavy atom. The minimum atomic E-state index is -0.881. The molecule has 0 spiro atoms. The number of rotatable bonds is 5. The summed E-state index contributed by atoms with van der Waals surface area (Å²) in [7, 11) is 0. The van der Waals surface area contributed by atoms with Gasteiger partial charge in [-0.05, 0) is 13.3 Å². The van der Waals surface area contributed by atoms with Crippen LogP contribution in [0, 0.1) is 12.3 Å². The molecular weight excluding hydrogens is 154 g/mol. The van der Waals surface area contributed by atoms with Gasteiger partial charge in [0.1, 0.15) is 6.04 Å². The fraction of sp³-hybridized carbons (Fsp3) is 0.667. The lowest BCUT2D eigenvalue weighted by atomic mass is 10.1. The second-order valence-electron chi connectivity index (χ2n) is 2.78. The Balaban J connectivity index is 3.97. The zero-order valence-corrected chi connectivity index (χ0v) is 7.50. The molecule has 0 aliphatic rings. The molecule has 0 aromatic heterocycles. The number of carboxylic acid groups (broad SMARTS) is 1. The van der Waals surface area contributed by atoms with Gasteiger partial charge in [-0.25, -0.2) is 0 Å². The van der Waals surface area contributed by atoms with Gasteiger partial charge in [0.05, 0.1) is 0 Å². The predicted molar refractivity (Wildman–Crippen MR) is 47.8 cm³/mol. The Morgan fingerprint density at radius 3 is 2.67 bits per heavy atom. The van der Waals surface area contributed by atoms with Gasteiger partial charge in [-0.1, -0.05) is 6.92 Å². The van der Waals surface area contributed by atoms with E-state index in [1.54, 1.807) is 0 Å². The lowest BCUT2D eigenvalue weighted by molar-refractivity contribution is -0.139. The van der Waals surface area contributed by atoms with Gasteiger partial charge in [0.25, 0.3) is 0 Å². The summed E-state index contributed by atoms with van der Waals surface area (Å²) in [4.78, 5) is 10.6. The molecule has 68 valence electrons. The van der Waals surface area contributed by atoms with E-state index < -0.39 is 12.0 Å². The first kappa shape index (κ1) is 11.0. The molecule has 0 heterocycles. The fourth-order valence-corrected chi connectivity index (χ4v) is 0.797. The van der Waals surface area contributed by atoms with E-state index in [0.717, 1.165) is 6.42 Å². The van der Waals surface area contributed by atoms with Crippen molar-refractivity contribution in [2.24, 2.45) is 0 Å². The molecule has 0 radical (unpaired) electrons. The average molecular weight is 169 g/mol. The van der Waals surface area contributed by atoms with E-state index in [9.17, 15) is 4.79 Å². The summed E-state index contributed by atoms with van der Waals surface area (Å²) < 4.78 is 0. The Labute approximate surface area is 73.2 Å². The second-order valence-corrected chi connectivity index (χ2v) is 2.78. The van der Waals surface area contributed by atoms with Crippen LogP contribution in [0.25, 0.3) is 0 Å². The maximum Gasteiger partial charge on any atom is 0.321 e. The molecule has 0 aromatic carbocycles. The van der Waals surface area contributed by atoms with Crippen molar-refractivity contribution >= 4 is 5.97 Å². The number of terminal acetylenes is 1. The lowest BCUT2D eigenvalue weighted by Crippen LogP contribution is -2.41. The fourth-order valence-electron chi connectivity index (χ4n) is 0.797. The van der Waals surface area contributed by atoms with Crippen LogP contribution >= 0.6 is 0 Å². The van der Waals surface area contributed by atoms with Crippen LogP contribution < -0.4 is 5.32 Å². The van der Waals surface area contributed by atoms with Crippen LogP contribution in [0.4, 0.5) is 0 Å². The van der Waals surface area contributed by atoms with Crippen molar-refractivity contribution in [3.05, 3.63) is 0 Å². The van der Waals surface area contributed by atoms with Crippen LogP contribution in [0.1, 0.15) is 26.7 Å². The zero-order chi connectivity index (χ0) is 9.56. The molecule has 2 atom stereocenters. The second kappa shape index (κ2) is 5.62. The number of hydrogen-bond acceptors (Lipinski definition) is 2. The van der Waals surface area contributed by atoms with Crippen molar-refractivity contribution in [1.82, 2.24) is 5.32 Å². The number of aliphatic carboxylic acids is 1. The minimum absolute atomic E-state index is 0.194. The van der Waals surface area contributed by atoms with Gasteiger partial charge < -0.3 is 10.4 Å². The van der Waals surface area contributed by atoms with E-state index in [2.05, 4.69) is 11.2 Å². The molecule has 0 fully saturated rings. The van der Waals surface area contributed by atoms with Crippen LogP contribution in [-0.2, 0) is 4.79 Å². The molecule has 2 N–H and O–H groups in total. The standard InChI is InChI=1S/C9H15NO2/c1-4-6-8(9(11)12)10-7(3)5-2/h1,7-8,10H,5-6H2,2-3H3,(H,11,12). The Morgan fingerprint density at radius 2 is 2.33 bits per heavy atom. The molecule has 2 unspecified atom stereocenters. The van der Waals surface area contributed by atoms with E-state index in [0.29, 0.717) is 0 Å². The monoisotopic (exact) mass is 169 g/mol. The molecule has 0 saturated heterocycles. The van der Waals surface area contributed by atoms with Crippen LogP contribution in [0.15, 0.2) is 0 Å². The first-order valence-electron chi connectivity index (χ1n) is 4.04. The van der Waals surface area contributed by atoms with Crippen molar-refractivity contribution in [2.45, 2.75) is 38.8 Å². The lowest BCUT2D eigenvalue weighted by Gasteiger charge is -2.16. The first-order chi connectivity index (χ1) is 5.61. The third-order valence-electron chi connectivity index (χ3n) is 1.72. The average Bonchev–Trinajstić information content (AvgIpc) is 2.03. The van der Waals surface area contributed by atoms with Crippen LogP contribution in [0.2, 0.25) is 0 Å². The Kier molecular flexibility index (Phi) is 5.14. The van der Waals surface area contributed by atoms with Gasteiger partial charge in [-0.3, -0.25) is 4.79 Å². The summed E-state index contributed by atoms with van der Waals surface area (Å²) in [6.45, 7) is 3.93. The van der Waals surface area contributed by atoms with Crippen molar-refractivity contribution in [3.8, 4) is 12.3 Å². The molecule has 0 amide bonds. The molecule has 3 heteroatoms.